The highest BCUT2D eigenvalue weighted by Crippen LogP contribution is 2.29. The van der Waals surface area contributed by atoms with E-state index in [-0.39, 0.29) is 22.0 Å². The minimum Gasteiger partial charge on any atom is -0.507 e. The molecule has 0 spiro atoms. The number of carbonyl (C=O) groups excluding carboxylic acids is 2. The summed E-state index contributed by atoms with van der Waals surface area (Å²) in [6.45, 7) is 5.58. The summed E-state index contributed by atoms with van der Waals surface area (Å²) in [5.41, 5.74) is 3.68. The van der Waals surface area contributed by atoms with E-state index in [2.05, 4.69) is 10.3 Å². The van der Waals surface area contributed by atoms with Gasteiger partial charge in [-0.3, -0.25) is 15.0 Å². The van der Waals surface area contributed by atoms with E-state index in [1.807, 2.05) is 19.9 Å². The monoisotopic (exact) mass is 403 g/mol. The van der Waals surface area contributed by atoms with Gasteiger partial charge in [-0.05, 0) is 50.3 Å². The minimum absolute atomic E-state index is 0.0409. The van der Waals surface area contributed by atoms with Gasteiger partial charge in [0.1, 0.15) is 17.1 Å². The maximum atomic E-state index is 13.3. The maximum absolute atomic E-state index is 13.3. The van der Waals surface area contributed by atoms with Crippen molar-refractivity contribution in [3.63, 3.8) is 0 Å². The molecule has 2 N–H and O–H groups in total. The summed E-state index contributed by atoms with van der Waals surface area (Å²) < 4.78 is 13.3. The van der Waals surface area contributed by atoms with Gasteiger partial charge in [0, 0.05) is 30.4 Å². The van der Waals surface area contributed by atoms with Crippen molar-refractivity contribution in [2.45, 2.75) is 13.8 Å². The van der Waals surface area contributed by atoms with Gasteiger partial charge in [-0.2, -0.15) is 0 Å². The van der Waals surface area contributed by atoms with Crippen molar-refractivity contribution in [1.82, 2.24) is 5.43 Å². The number of halogens is 2. The van der Waals surface area contributed by atoms with E-state index in [1.165, 1.54) is 18.2 Å². The van der Waals surface area contributed by atoms with Crippen LogP contribution in [0.25, 0.3) is 6.08 Å². The van der Waals surface area contributed by atoms with Gasteiger partial charge >= 0.3 is 0 Å². The molecule has 8 heteroatoms. The number of carbonyl (C=O) groups is 2. The number of benzene rings is 2. The van der Waals surface area contributed by atoms with Gasteiger partial charge in [0.15, 0.2) is 0 Å². The molecule has 2 amide bonds. The molecule has 1 aliphatic heterocycles. The van der Waals surface area contributed by atoms with Crippen LogP contribution in [0.4, 0.5) is 15.8 Å². The molecule has 0 saturated carbocycles. The Kier molecular flexibility index (Phi) is 5.56. The van der Waals surface area contributed by atoms with Crippen LogP contribution in [-0.2, 0) is 9.59 Å². The van der Waals surface area contributed by atoms with E-state index in [0.29, 0.717) is 5.56 Å². The largest absolute Gasteiger partial charge is 0.507 e. The second-order valence-electron chi connectivity index (χ2n) is 6.15. The van der Waals surface area contributed by atoms with E-state index in [4.69, 9.17) is 11.6 Å². The highest BCUT2D eigenvalue weighted by molar-refractivity contribution is 6.33. The third-order valence-electron chi connectivity index (χ3n) is 4.50. The molecule has 6 nitrogen and oxygen atoms in total. The average molecular weight is 404 g/mol. The standard InChI is InChI=1S/C20H19ClFN3O3/c1-3-24(4-2)13-6-5-12(18(26)11-13)9-15-19(27)23-25(20(15)28)14-7-8-17(22)16(21)10-14/h5-11,26H,3-4H2,1-2H3,(H,23,27). The third kappa shape index (κ3) is 3.66. The number of phenols is 1. The van der Waals surface area contributed by atoms with Gasteiger partial charge < -0.3 is 10.0 Å². The van der Waals surface area contributed by atoms with Crippen molar-refractivity contribution in [3.05, 3.63) is 58.4 Å². The van der Waals surface area contributed by atoms with Crippen LogP contribution in [-0.4, -0.2) is 30.0 Å². The highest BCUT2D eigenvalue weighted by Gasteiger charge is 2.34. The van der Waals surface area contributed by atoms with Crippen molar-refractivity contribution in [2.24, 2.45) is 0 Å². The second-order valence-corrected chi connectivity index (χ2v) is 6.56. The number of anilines is 2. The number of hydrazine groups is 1. The van der Waals surface area contributed by atoms with Crippen molar-refractivity contribution in [3.8, 4) is 5.75 Å². The highest BCUT2D eigenvalue weighted by atomic mass is 35.5. The first-order chi connectivity index (χ1) is 13.3. The smallest absolute Gasteiger partial charge is 0.282 e. The number of amides is 2. The number of nitrogens with one attached hydrogen (secondary N) is 1. The first kappa shape index (κ1) is 19.7. The van der Waals surface area contributed by atoms with Gasteiger partial charge in [0.2, 0.25) is 0 Å². The molecule has 3 rings (SSSR count). The van der Waals surface area contributed by atoms with Crippen molar-refractivity contribution in [1.29, 1.82) is 0 Å². The molecule has 2 aromatic rings. The molecular weight excluding hydrogens is 385 g/mol. The summed E-state index contributed by atoms with van der Waals surface area (Å²) in [5.74, 6) is -1.92. The molecule has 1 fully saturated rings. The molecule has 0 aromatic heterocycles. The van der Waals surface area contributed by atoms with Crippen LogP contribution in [0.15, 0.2) is 42.0 Å². The SMILES string of the molecule is CCN(CC)c1ccc(C=C2C(=O)NN(c3ccc(F)c(Cl)c3)C2=O)c(O)c1. The van der Waals surface area contributed by atoms with Crippen LogP contribution >= 0.6 is 11.6 Å². The lowest BCUT2D eigenvalue weighted by Gasteiger charge is -2.21. The number of rotatable bonds is 5. The summed E-state index contributed by atoms with van der Waals surface area (Å²) in [4.78, 5) is 27.0. The molecular formula is C20H19ClFN3O3. The lowest BCUT2D eigenvalue weighted by atomic mass is 10.1. The molecule has 0 radical (unpaired) electrons. The first-order valence-corrected chi connectivity index (χ1v) is 9.13. The molecule has 0 unspecified atom stereocenters. The summed E-state index contributed by atoms with van der Waals surface area (Å²) in [5, 5.41) is 11.1. The van der Waals surface area contributed by atoms with E-state index < -0.39 is 17.6 Å². The number of aromatic hydroxyl groups is 1. The van der Waals surface area contributed by atoms with Gasteiger partial charge in [0.05, 0.1) is 10.7 Å². The Labute approximate surface area is 166 Å². The summed E-state index contributed by atoms with van der Waals surface area (Å²) >= 11 is 5.75. The summed E-state index contributed by atoms with van der Waals surface area (Å²) in [6.07, 6.45) is 1.32. The molecule has 146 valence electrons. The van der Waals surface area contributed by atoms with Crippen molar-refractivity contribution >= 4 is 40.9 Å². The number of phenolic OH excluding ortho intramolecular Hbond substituents is 1. The number of hydrogen-bond donors (Lipinski definition) is 2. The van der Waals surface area contributed by atoms with E-state index in [0.717, 1.165) is 29.9 Å². The lowest BCUT2D eigenvalue weighted by Crippen LogP contribution is -2.35. The maximum Gasteiger partial charge on any atom is 0.282 e. The Morgan fingerprint density at radius 1 is 1.18 bits per heavy atom. The van der Waals surface area contributed by atoms with E-state index >= 15 is 0 Å². The number of nitrogens with zero attached hydrogens (tertiary/aromatic N) is 2. The van der Waals surface area contributed by atoms with Crippen molar-refractivity contribution in [2.75, 3.05) is 23.0 Å². The topological polar surface area (TPSA) is 72.9 Å². The molecule has 1 aliphatic rings. The predicted octanol–water partition coefficient (Wildman–Crippen LogP) is 3.49. The van der Waals surface area contributed by atoms with Gasteiger partial charge in [0.25, 0.3) is 11.8 Å². The fraction of sp³-hybridized carbons (Fsp3) is 0.200. The minimum atomic E-state index is -0.627. The molecule has 1 heterocycles. The lowest BCUT2D eigenvalue weighted by molar-refractivity contribution is -0.117. The zero-order valence-electron chi connectivity index (χ0n) is 15.4. The van der Waals surface area contributed by atoms with Crippen LogP contribution < -0.4 is 15.3 Å². The zero-order chi connectivity index (χ0) is 20.4. The van der Waals surface area contributed by atoms with Gasteiger partial charge in [-0.1, -0.05) is 11.6 Å². The Morgan fingerprint density at radius 2 is 1.89 bits per heavy atom. The van der Waals surface area contributed by atoms with Crippen LogP contribution in [0.2, 0.25) is 5.02 Å². The second kappa shape index (κ2) is 7.90. The zero-order valence-corrected chi connectivity index (χ0v) is 16.1. The van der Waals surface area contributed by atoms with E-state index in [9.17, 15) is 19.1 Å². The average Bonchev–Trinajstić information content (AvgIpc) is 2.95. The first-order valence-electron chi connectivity index (χ1n) is 8.75. The Morgan fingerprint density at radius 3 is 2.50 bits per heavy atom. The summed E-state index contributed by atoms with van der Waals surface area (Å²) in [7, 11) is 0. The molecule has 1 saturated heterocycles. The Balaban J connectivity index is 1.91. The number of hydrogen-bond acceptors (Lipinski definition) is 4. The quantitative estimate of drug-likeness (QED) is 0.592. The van der Waals surface area contributed by atoms with Gasteiger partial charge in [-0.15, -0.1) is 0 Å². The fourth-order valence-corrected chi connectivity index (χ4v) is 3.13. The fourth-order valence-electron chi connectivity index (χ4n) is 2.96. The molecule has 28 heavy (non-hydrogen) atoms. The normalized spacial score (nSPS) is 15.3. The van der Waals surface area contributed by atoms with Crippen LogP contribution in [0, 0.1) is 5.82 Å². The predicted molar refractivity (Wildman–Crippen MR) is 107 cm³/mol. The third-order valence-corrected chi connectivity index (χ3v) is 4.78. The Hall–Kier alpha value is -3.06. The van der Waals surface area contributed by atoms with Crippen LogP contribution in [0.5, 0.6) is 5.75 Å². The summed E-state index contributed by atoms with van der Waals surface area (Å²) in [6, 6.07) is 8.74. The van der Waals surface area contributed by atoms with E-state index in [1.54, 1.807) is 12.1 Å². The molecule has 2 aromatic carbocycles. The molecule has 0 bridgehead atoms. The van der Waals surface area contributed by atoms with Crippen molar-refractivity contribution < 1.29 is 19.1 Å². The molecule has 0 atom stereocenters. The van der Waals surface area contributed by atoms with Crippen LogP contribution in [0.1, 0.15) is 19.4 Å². The molecule has 0 aliphatic carbocycles. The van der Waals surface area contributed by atoms with Crippen LogP contribution in [0.3, 0.4) is 0 Å². The Bertz CT molecular complexity index is 973. The van der Waals surface area contributed by atoms with Gasteiger partial charge in [-0.25, -0.2) is 9.40 Å².